The largest absolute Gasteiger partial charge is 0.283 e. The van der Waals surface area contributed by atoms with Crippen LogP contribution in [0.2, 0.25) is 0 Å². The second-order valence-electron chi connectivity index (χ2n) is 3.51. The summed E-state index contributed by atoms with van der Waals surface area (Å²) in [6, 6.07) is 10.6. The second kappa shape index (κ2) is 7.07. The topological polar surface area (TPSA) is 12.4 Å². The van der Waals surface area contributed by atoms with Crippen LogP contribution in [0.5, 0.6) is 0 Å². The van der Waals surface area contributed by atoms with Crippen LogP contribution < -0.4 is 0 Å². The Bertz CT molecular complexity index is 311. The lowest BCUT2D eigenvalue weighted by molar-refractivity contribution is 0.745. The molecule has 0 unspecified atom stereocenters. The van der Waals surface area contributed by atoms with Crippen LogP contribution in [0.3, 0.4) is 0 Å². The zero-order valence-corrected chi connectivity index (χ0v) is 11.2. The fourth-order valence-corrected chi connectivity index (χ4v) is 2.53. The third-order valence-electron chi connectivity index (χ3n) is 2.34. The number of benzene rings is 1. The minimum Gasteiger partial charge on any atom is -0.283 e. The van der Waals surface area contributed by atoms with Gasteiger partial charge in [0.2, 0.25) is 0 Å². The Kier molecular flexibility index (Phi) is 6.03. The molecule has 0 saturated carbocycles. The molecular weight excluding hydrogens is 270 g/mol. The smallest absolute Gasteiger partial charge is 0.0679 e. The number of hydrogen-bond donors (Lipinski definition) is 0. The predicted octanol–water partition coefficient (Wildman–Crippen LogP) is 4.08. The van der Waals surface area contributed by atoms with E-state index in [1.165, 1.54) is 29.9 Å². The number of aliphatic imine (C=N–C) groups is 1. The van der Waals surface area contributed by atoms with Crippen molar-refractivity contribution in [2.24, 2.45) is 4.99 Å². The quantitative estimate of drug-likeness (QED) is 0.798. The second-order valence-corrected chi connectivity index (χ2v) is 4.56. The molecule has 15 heavy (non-hydrogen) atoms. The normalized spacial score (nSPS) is 15.3. The Morgan fingerprint density at radius 2 is 1.93 bits per heavy atom. The number of nitrogens with zero attached hydrogens (tertiary/aromatic N) is 1. The van der Waals surface area contributed by atoms with Crippen LogP contribution >= 0.6 is 28.7 Å². The van der Waals surface area contributed by atoms with Crippen LogP contribution in [0, 0.1) is 0 Å². The highest BCUT2D eigenvalue weighted by molar-refractivity contribution is 8.93. The molecule has 1 aliphatic rings. The number of rotatable bonds is 2. The highest BCUT2D eigenvalue weighted by Crippen LogP contribution is 2.20. The maximum absolute atomic E-state index is 4.52. The maximum atomic E-state index is 4.52. The first kappa shape index (κ1) is 12.8. The van der Waals surface area contributed by atoms with Crippen LogP contribution in [-0.4, -0.2) is 11.6 Å². The first-order chi connectivity index (χ1) is 6.95. The van der Waals surface area contributed by atoms with E-state index in [1.807, 2.05) is 11.8 Å². The third-order valence-corrected chi connectivity index (χ3v) is 3.48. The van der Waals surface area contributed by atoms with Crippen LogP contribution in [0.25, 0.3) is 0 Å². The van der Waals surface area contributed by atoms with Gasteiger partial charge in [0, 0.05) is 12.3 Å². The third kappa shape index (κ3) is 4.39. The highest BCUT2D eigenvalue weighted by Gasteiger charge is 2.05. The van der Waals surface area contributed by atoms with Gasteiger partial charge < -0.3 is 0 Å². The Hall–Kier alpha value is -0.280. The summed E-state index contributed by atoms with van der Waals surface area (Å²) in [5.41, 5.74) is 1.39. The summed E-state index contributed by atoms with van der Waals surface area (Å²) in [5.74, 6) is 1.07. The molecule has 82 valence electrons. The molecule has 0 amide bonds. The van der Waals surface area contributed by atoms with Gasteiger partial charge in [0.25, 0.3) is 0 Å². The Balaban J connectivity index is 0.00000112. The van der Waals surface area contributed by atoms with E-state index in [1.54, 1.807) is 0 Å². The summed E-state index contributed by atoms with van der Waals surface area (Å²) in [6.45, 7) is 1.04. The van der Waals surface area contributed by atoms with Gasteiger partial charge in [0.05, 0.1) is 5.04 Å². The van der Waals surface area contributed by atoms with E-state index in [-0.39, 0.29) is 17.0 Å². The minimum absolute atomic E-state index is 0. The van der Waals surface area contributed by atoms with Gasteiger partial charge in [0.15, 0.2) is 0 Å². The molecule has 1 heterocycles. The van der Waals surface area contributed by atoms with Crippen molar-refractivity contribution < 1.29 is 0 Å². The summed E-state index contributed by atoms with van der Waals surface area (Å²) in [6.07, 6.45) is 3.79. The Morgan fingerprint density at radius 3 is 2.60 bits per heavy atom. The van der Waals surface area contributed by atoms with Crippen molar-refractivity contribution in [1.29, 1.82) is 0 Å². The molecule has 0 fully saturated rings. The van der Waals surface area contributed by atoms with Crippen molar-refractivity contribution >= 4 is 33.8 Å². The van der Waals surface area contributed by atoms with E-state index in [4.69, 9.17) is 0 Å². The lowest BCUT2D eigenvalue weighted by atomic mass is 10.2. The Morgan fingerprint density at radius 1 is 1.13 bits per heavy atom. The van der Waals surface area contributed by atoms with E-state index >= 15 is 0 Å². The van der Waals surface area contributed by atoms with Gasteiger partial charge in [0.1, 0.15) is 0 Å². The summed E-state index contributed by atoms with van der Waals surface area (Å²) in [4.78, 5) is 4.52. The van der Waals surface area contributed by atoms with Crippen molar-refractivity contribution in [3.8, 4) is 0 Å². The van der Waals surface area contributed by atoms with Crippen LogP contribution in [-0.2, 0) is 5.75 Å². The molecule has 1 aliphatic heterocycles. The lowest BCUT2D eigenvalue weighted by Gasteiger charge is -2.10. The summed E-state index contributed by atoms with van der Waals surface area (Å²) in [7, 11) is 0. The first-order valence-electron chi connectivity index (χ1n) is 5.15. The van der Waals surface area contributed by atoms with Crippen molar-refractivity contribution in [1.82, 2.24) is 0 Å². The zero-order chi connectivity index (χ0) is 9.64. The highest BCUT2D eigenvalue weighted by atomic mass is 79.9. The lowest BCUT2D eigenvalue weighted by Crippen LogP contribution is -2.02. The van der Waals surface area contributed by atoms with Crippen LogP contribution in [0.4, 0.5) is 0 Å². The molecule has 1 nitrogen and oxygen atoms in total. The summed E-state index contributed by atoms with van der Waals surface area (Å²) >= 11 is 1.90. The summed E-state index contributed by atoms with van der Waals surface area (Å²) < 4.78 is 0. The van der Waals surface area contributed by atoms with Gasteiger partial charge in [-0.15, -0.1) is 28.7 Å². The van der Waals surface area contributed by atoms with E-state index in [0.717, 1.165) is 12.3 Å². The monoisotopic (exact) mass is 285 g/mol. The molecule has 1 aromatic carbocycles. The average Bonchev–Trinajstić information content (AvgIpc) is 2.29. The van der Waals surface area contributed by atoms with Gasteiger partial charge in [-0.3, -0.25) is 4.99 Å². The van der Waals surface area contributed by atoms with Gasteiger partial charge in [-0.25, -0.2) is 0 Å². The molecule has 0 N–H and O–H groups in total. The van der Waals surface area contributed by atoms with Crippen molar-refractivity contribution in [3.63, 3.8) is 0 Å². The molecule has 1 aromatic rings. The van der Waals surface area contributed by atoms with E-state index < -0.39 is 0 Å². The molecule has 0 atom stereocenters. The van der Waals surface area contributed by atoms with Gasteiger partial charge in [-0.05, 0) is 24.8 Å². The maximum Gasteiger partial charge on any atom is 0.0679 e. The number of hydrogen-bond acceptors (Lipinski definition) is 2. The van der Waals surface area contributed by atoms with Crippen molar-refractivity contribution in [3.05, 3.63) is 35.9 Å². The zero-order valence-electron chi connectivity index (χ0n) is 8.69. The summed E-state index contributed by atoms with van der Waals surface area (Å²) in [5, 5.41) is 1.35. The van der Waals surface area contributed by atoms with Crippen molar-refractivity contribution in [2.75, 3.05) is 6.54 Å². The number of thioether (sulfide) groups is 1. The standard InChI is InChI=1S/C12H15NS.BrH/c1-2-6-11(7-3-1)10-14-12-8-4-5-9-13-12;/h1-3,6-7H,4-5,8-10H2;1H. The first-order valence-corrected chi connectivity index (χ1v) is 6.14. The van der Waals surface area contributed by atoms with E-state index in [2.05, 4.69) is 35.3 Å². The molecule has 0 bridgehead atoms. The molecular formula is C12H16BrNS. The number of halogens is 1. The molecule has 0 aromatic heterocycles. The van der Waals surface area contributed by atoms with E-state index in [0.29, 0.717) is 0 Å². The molecule has 0 saturated heterocycles. The average molecular weight is 286 g/mol. The molecule has 3 heteroatoms. The molecule has 0 spiro atoms. The minimum atomic E-state index is 0. The molecule has 2 rings (SSSR count). The SMILES string of the molecule is Br.c1ccc(CSC2=NCCCC2)cc1. The van der Waals surface area contributed by atoms with E-state index in [9.17, 15) is 0 Å². The Labute approximate surface area is 106 Å². The van der Waals surface area contributed by atoms with Crippen LogP contribution in [0.15, 0.2) is 35.3 Å². The predicted molar refractivity (Wildman–Crippen MR) is 74.2 cm³/mol. The fourth-order valence-electron chi connectivity index (χ4n) is 1.53. The van der Waals surface area contributed by atoms with Gasteiger partial charge >= 0.3 is 0 Å². The van der Waals surface area contributed by atoms with Crippen molar-refractivity contribution in [2.45, 2.75) is 25.0 Å². The van der Waals surface area contributed by atoms with Gasteiger partial charge in [-0.2, -0.15) is 0 Å². The molecule has 0 aliphatic carbocycles. The van der Waals surface area contributed by atoms with Crippen LogP contribution in [0.1, 0.15) is 24.8 Å². The van der Waals surface area contributed by atoms with Gasteiger partial charge in [-0.1, -0.05) is 30.3 Å². The fraction of sp³-hybridized carbons (Fsp3) is 0.417. The molecule has 0 radical (unpaired) electrons.